The van der Waals surface area contributed by atoms with Gasteiger partial charge in [-0.15, -0.1) is 11.3 Å². The maximum Gasteiger partial charge on any atom is 0.0931 e. The van der Waals surface area contributed by atoms with E-state index >= 15 is 0 Å². The van der Waals surface area contributed by atoms with Gasteiger partial charge in [0, 0.05) is 11.1 Å². The molecular weight excluding hydrogens is 287 g/mol. The lowest BCUT2D eigenvalue weighted by atomic mass is 10.1. The molecule has 2 N–H and O–H groups in total. The normalized spacial score (nSPS) is 12.8. The van der Waals surface area contributed by atoms with Gasteiger partial charge in [0.05, 0.1) is 26.1 Å². The van der Waals surface area contributed by atoms with E-state index in [1.54, 1.807) is 12.1 Å². The smallest absolute Gasteiger partial charge is 0.0931 e. The first-order chi connectivity index (χ1) is 7.58. The van der Waals surface area contributed by atoms with Crippen LogP contribution in [0.1, 0.15) is 16.6 Å². The van der Waals surface area contributed by atoms with E-state index in [0.29, 0.717) is 20.1 Å². The molecule has 0 aromatic carbocycles. The second-order valence-corrected chi connectivity index (χ2v) is 5.73. The number of thiophene rings is 1. The van der Waals surface area contributed by atoms with Crippen molar-refractivity contribution >= 4 is 46.1 Å². The predicted octanol–water partition coefficient (Wildman–Crippen LogP) is 4.15. The molecule has 2 rings (SSSR count). The van der Waals surface area contributed by atoms with Crippen LogP contribution >= 0.6 is 46.1 Å². The van der Waals surface area contributed by atoms with Crippen molar-refractivity contribution in [2.24, 2.45) is 5.73 Å². The molecule has 0 spiro atoms. The minimum atomic E-state index is -0.373. The molecule has 2 nitrogen and oxygen atoms in total. The van der Waals surface area contributed by atoms with Crippen molar-refractivity contribution in [3.05, 3.63) is 49.3 Å². The second-order valence-electron chi connectivity index (χ2n) is 3.14. The third-order valence-corrected chi connectivity index (χ3v) is 3.86. The SMILES string of the molecule is NC(c1ccc(Cl)s1)c1ncc(Cl)cc1Cl. The Bertz CT molecular complexity index is 513. The molecule has 0 saturated carbocycles. The van der Waals surface area contributed by atoms with E-state index in [1.807, 2.05) is 6.07 Å². The Hall–Kier alpha value is -0.320. The Morgan fingerprint density at radius 1 is 1.25 bits per heavy atom. The van der Waals surface area contributed by atoms with Crippen molar-refractivity contribution in [3.63, 3.8) is 0 Å². The van der Waals surface area contributed by atoms with Crippen molar-refractivity contribution in [1.29, 1.82) is 0 Å². The van der Waals surface area contributed by atoms with Crippen molar-refractivity contribution in [2.45, 2.75) is 6.04 Å². The van der Waals surface area contributed by atoms with E-state index in [-0.39, 0.29) is 6.04 Å². The minimum absolute atomic E-state index is 0.373. The molecule has 6 heteroatoms. The van der Waals surface area contributed by atoms with Gasteiger partial charge in [0.1, 0.15) is 0 Å². The highest BCUT2D eigenvalue weighted by Gasteiger charge is 2.16. The lowest BCUT2D eigenvalue weighted by Gasteiger charge is -2.10. The Kier molecular flexibility index (Phi) is 3.72. The first-order valence-electron chi connectivity index (χ1n) is 4.39. The molecule has 0 saturated heterocycles. The van der Waals surface area contributed by atoms with Crippen LogP contribution < -0.4 is 5.73 Å². The summed E-state index contributed by atoms with van der Waals surface area (Å²) in [5.74, 6) is 0. The van der Waals surface area contributed by atoms with Crippen LogP contribution in [-0.2, 0) is 0 Å². The van der Waals surface area contributed by atoms with Gasteiger partial charge in [-0.1, -0.05) is 34.8 Å². The Balaban J connectivity index is 2.37. The fourth-order valence-electron chi connectivity index (χ4n) is 1.28. The molecule has 0 bridgehead atoms. The highest BCUT2D eigenvalue weighted by Crippen LogP contribution is 2.32. The minimum Gasteiger partial charge on any atom is -0.318 e. The van der Waals surface area contributed by atoms with Crippen molar-refractivity contribution in [3.8, 4) is 0 Å². The van der Waals surface area contributed by atoms with Crippen LogP contribution in [0.4, 0.5) is 0 Å². The van der Waals surface area contributed by atoms with Gasteiger partial charge >= 0.3 is 0 Å². The molecule has 2 heterocycles. The van der Waals surface area contributed by atoms with E-state index in [0.717, 1.165) is 4.88 Å². The first-order valence-corrected chi connectivity index (χ1v) is 6.34. The molecule has 16 heavy (non-hydrogen) atoms. The molecular formula is C10H7Cl3N2S. The Morgan fingerprint density at radius 3 is 2.56 bits per heavy atom. The van der Waals surface area contributed by atoms with E-state index in [4.69, 9.17) is 40.5 Å². The molecule has 1 unspecified atom stereocenters. The van der Waals surface area contributed by atoms with Gasteiger partial charge < -0.3 is 5.73 Å². The third kappa shape index (κ3) is 2.50. The highest BCUT2D eigenvalue weighted by atomic mass is 35.5. The van der Waals surface area contributed by atoms with Crippen LogP contribution in [0.5, 0.6) is 0 Å². The molecule has 0 aliphatic rings. The van der Waals surface area contributed by atoms with E-state index in [2.05, 4.69) is 4.98 Å². The summed E-state index contributed by atoms with van der Waals surface area (Å²) in [7, 11) is 0. The van der Waals surface area contributed by atoms with Gasteiger partial charge in [-0.3, -0.25) is 4.98 Å². The molecule has 2 aromatic heterocycles. The monoisotopic (exact) mass is 292 g/mol. The summed E-state index contributed by atoms with van der Waals surface area (Å²) in [5.41, 5.74) is 6.64. The number of aromatic nitrogens is 1. The second kappa shape index (κ2) is 4.90. The lowest BCUT2D eigenvalue weighted by molar-refractivity contribution is 0.847. The maximum absolute atomic E-state index is 6.04. The van der Waals surface area contributed by atoms with E-state index in [1.165, 1.54) is 17.5 Å². The standard InChI is InChI=1S/C10H7Cl3N2S/c11-5-3-6(12)10(15-4-5)9(14)7-1-2-8(13)16-7/h1-4,9H,14H2. The summed E-state index contributed by atoms with van der Waals surface area (Å²) < 4.78 is 0.690. The molecule has 2 aromatic rings. The largest absolute Gasteiger partial charge is 0.318 e. The third-order valence-electron chi connectivity index (χ3n) is 2.03. The van der Waals surface area contributed by atoms with Crippen molar-refractivity contribution in [1.82, 2.24) is 4.98 Å². The highest BCUT2D eigenvalue weighted by molar-refractivity contribution is 7.16. The van der Waals surface area contributed by atoms with Crippen LogP contribution in [0.15, 0.2) is 24.4 Å². The van der Waals surface area contributed by atoms with Crippen LogP contribution in [-0.4, -0.2) is 4.98 Å². The number of nitrogens with two attached hydrogens (primary N) is 1. The fraction of sp³-hybridized carbons (Fsp3) is 0.100. The van der Waals surface area contributed by atoms with E-state index < -0.39 is 0 Å². The van der Waals surface area contributed by atoms with Crippen LogP contribution in [0.2, 0.25) is 14.4 Å². The van der Waals surface area contributed by atoms with Gasteiger partial charge in [0.2, 0.25) is 0 Å². The Labute approximate surface area is 112 Å². The Morgan fingerprint density at radius 2 is 2.00 bits per heavy atom. The van der Waals surface area contributed by atoms with Crippen LogP contribution in [0, 0.1) is 0 Å². The maximum atomic E-state index is 6.04. The molecule has 84 valence electrons. The zero-order valence-corrected chi connectivity index (χ0v) is 11.0. The molecule has 0 radical (unpaired) electrons. The van der Waals surface area contributed by atoms with Gasteiger partial charge in [-0.2, -0.15) is 0 Å². The van der Waals surface area contributed by atoms with Gasteiger partial charge in [0.15, 0.2) is 0 Å². The zero-order chi connectivity index (χ0) is 11.7. The number of hydrogen-bond donors (Lipinski definition) is 1. The summed E-state index contributed by atoms with van der Waals surface area (Å²) in [6.45, 7) is 0. The number of pyridine rings is 1. The lowest BCUT2D eigenvalue weighted by Crippen LogP contribution is -2.12. The van der Waals surface area contributed by atoms with Crippen molar-refractivity contribution < 1.29 is 0 Å². The number of nitrogens with zero attached hydrogens (tertiary/aromatic N) is 1. The van der Waals surface area contributed by atoms with Gasteiger partial charge in [0.25, 0.3) is 0 Å². The average molecular weight is 294 g/mol. The zero-order valence-electron chi connectivity index (χ0n) is 7.95. The molecule has 0 aliphatic heterocycles. The summed E-state index contributed by atoms with van der Waals surface area (Å²) in [6.07, 6.45) is 1.53. The number of halogens is 3. The van der Waals surface area contributed by atoms with Crippen molar-refractivity contribution in [2.75, 3.05) is 0 Å². The summed E-state index contributed by atoms with van der Waals surface area (Å²) in [4.78, 5) is 5.06. The predicted molar refractivity (Wildman–Crippen MR) is 69.6 cm³/mol. The van der Waals surface area contributed by atoms with E-state index in [9.17, 15) is 0 Å². The van der Waals surface area contributed by atoms with Gasteiger partial charge in [-0.05, 0) is 18.2 Å². The summed E-state index contributed by atoms with van der Waals surface area (Å²) in [6, 6.07) is 4.91. The quantitative estimate of drug-likeness (QED) is 0.903. The summed E-state index contributed by atoms with van der Waals surface area (Å²) in [5, 5.41) is 0.953. The molecule has 0 aliphatic carbocycles. The number of hydrogen-bond acceptors (Lipinski definition) is 3. The average Bonchev–Trinajstić information content (AvgIpc) is 2.64. The molecule has 0 amide bonds. The fourth-order valence-corrected chi connectivity index (χ4v) is 2.85. The summed E-state index contributed by atoms with van der Waals surface area (Å²) >= 11 is 19.0. The molecule has 1 atom stereocenters. The van der Waals surface area contributed by atoms with Crippen LogP contribution in [0.25, 0.3) is 0 Å². The van der Waals surface area contributed by atoms with Crippen LogP contribution in [0.3, 0.4) is 0 Å². The van der Waals surface area contributed by atoms with Gasteiger partial charge in [-0.25, -0.2) is 0 Å². The number of rotatable bonds is 2. The topological polar surface area (TPSA) is 38.9 Å². The first kappa shape index (κ1) is 12.1. The molecule has 0 fully saturated rings.